The number of aromatic nitrogens is 5. The molecule has 5 saturated heterocycles. The van der Waals surface area contributed by atoms with Crippen LogP contribution in [0.4, 0.5) is 0 Å². The predicted molar refractivity (Wildman–Crippen MR) is 368 cm³/mol. The number of nitrogens with zero attached hydrogens (tertiary/aromatic N) is 4. The number of halogens is 3. The Labute approximate surface area is 550 Å². The van der Waals surface area contributed by atoms with Crippen molar-refractivity contribution in [3.8, 4) is 0 Å². The van der Waals surface area contributed by atoms with Crippen LogP contribution in [-0.4, -0.2) is 138 Å². The van der Waals surface area contributed by atoms with E-state index in [1.54, 1.807) is 42.9 Å². The molecule has 0 spiro atoms. The molecule has 0 aliphatic carbocycles. The maximum atomic E-state index is 12.0. The smallest absolute Gasteiger partial charge is 0.251 e. The number of fused-ring (bicyclic) bond motifs is 5. The van der Waals surface area contributed by atoms with Gasteiger partial charge < -0.3 is 71.5 Å². The summed E-state index contributed by atoms with van der Waals surface area (Å²) in [7, 11) is 6.88. The Kier molecular flexibility index (Phi) is 18.6. The van der Waals surface area contributed by atoms with Crippen molar-refractivity contribution in [3.63, 3.8) is 0 Å². The van der Waals surface area contributed by atoms with Crippen LogP contribution in [-0.2, 0) is 56.1 Å². The third kappa shape index (κ3) is 13.2. The lowest BCUT2D eigenvalue weighted by Gasteiger charge is -2.07. The first kappa shape index (κ1) is 63.6. The van der Waals surface area contributed by atoms with E-state index in [-0.39, 0.29) is 59.7 Å². The molecule has 5 fully saturated rings. The average molecular weight is 1310 g/mol. The normalized spacial score (nSPS) is 19.4. The summed E-state index contributed by atoms with van der Waals surface area (Å²) in [5.41, 5.74) is 10.4. The van der Waals surface area contributed by atoms with Gasteiger partial charge in [0.1, 0.15) is 47.7 Å². The third-order valence-corrected chi connectivity index (χ3v) is 18.4. The van der Waals surface area contributed by atoms with Crippen LogP contribution in [0.15, 0.2) is 184 Å². The van der Waals surface area contributed by atoms with Gasteiger partial charge in [-0.15, -0.1) is 0 Å². The Balaban J connectivity index is 0.000000118. The number of benzene rings is 5. The van der Waals surface area contributed by atoms with Crippen LogP contribution in [0, 0.1) is 0 Å². The molecule has 5 aromatic heterocycles. The van der Waals surface area contributed by atoms with Gasteiger partial charge in [-0.05, 0) is 70.4 Å². The highest BCUT2D eigenvalue weighted by Crippen LogP contribution is 2.31. The summed E-state index contributed by atoms with van der Waals surface area (Å²) in [4.78, 5) is 81.6. The zero-order valence-electron chi connectivity index (χ0n) is 50.8. The molecule has 10 aromatic rings. The van der Waals surface area contributed by atoms with Crippen molar-refractivity contribution in [3.05, 3.63) is 227 Å². The van der Waals surface area contributed by atoms with Gasteiger partial charge >= 0.3 is 0 Å². The first-order chi connectivity index (χ1) is 44.1. The van der Waals surface area contributed by atoms with Crippen molar-refractivity contribution in [2.75, 3.05) is 28.2 Å². The summed E-state index contributed by atoms with van der Waals surface area (Å²) in [6.45, 7) is 15.1. The van der Waals surface area contributed by atoms with E-state index in [0.29, 0.717) is 75.6 Å². The molecule has 20 nitrogen and oxygen atoms in total. The summed E-state index contributed by atoms with van der Waals surface area (Å²) in [6, 6.07) is 32.2. The minimum absolute atomic E-state index is 0.0136. The fraction of sp³-hybridized carbons (Fsp3) is 0.206. The molecule has 0 radical (unpaired) electrons. The van der Waals surface area contributed by atoms with Crippen LogP contribution in [0.2, 0.25) is 15.1 Å². The van der Waals surface area contributed by atoms with Gasteiger partial charge in [0, 0.05) is 129 Å². The molecular formula is C68H68Cl3N15O5S. The lowest BCUT2D eigenvalue weighted by Crippen LogP contribution is -2.31. The number of hydrogen-bond acceptors (Lipinski definition) is 10. The van der Waals surface area contributed by atoms with E-state index in [1.165, 1.54) is 10.3 Å². The molecule has 472 valence electrons. The van der Waals surface area contributed by atoms with Crippen molar-refractivity contribution in [1.82, 2.24) is 76.4 Å². The van der Waals surface area contributed by atoms with Gasteiger partial charge in [-0.25, -0.2) is 0 Å². The number of nitrogens with one attached hydrogen (secondary N) is 11. The zero-order valence-corrected chi connectivity index (χ0v) is 53.9. The molecule has 5 aliphatic rings. The zero-order chi connectivity index (χ0) is 65.2. The standard InChI is InChI=1S/3C14H14ClN3O.C13H13N3OS.C13H13N3O/c3*1-8-17-12(14(19)18(8)2)6-9-7-16-13-10(9)4-3-5-11(13)15;1-16-12(17)11(15-13(16)18)6-8-7-14-10-5-3-2-4-9(8)10;1-8-15-12(13(17)16-8)6-9-7-14-11-5-3-2-4-10(9)11/h3*3-5,7,12,16-17H,1,6H2,2H3;2-5,7,11,14H,6H2,1H3,(H,15,18);2-5,7,12,14-15H,1,6H2,(H,16,17)/t12-;;;;/m1..../s1. The minimum Gasteiger partial charge on any atom is -0.361 e. The van der Waals surface area contributed by atoms with E-state index in [0.717, 1.165) is 76.9 Å². The topological polar surface area (TPSA) is 249 Å². The maximum absolute atomic E-state index is 12.0. The van der Waals surface area contributed by atoms with E-state index < -0.39 is 0 Å². The molecular weight excluding hydrogens is 1250 g/mol. The second-order valence-corrected chi connectivity index (χ2v) is 24.5. The van der Waals surface area contributed by atoms with E-state index in [2.05, 4.69) is 95.3 Å². The van der Waals surface area contributed by atoms with Gasteiger partial charge in [-0.3, -0.25) is 28.9 Å². The predicted octanol–water partition coefficient (Wildman–Crippen LogP) is 9.49. The molecule has 5 amide bonds. The Morgan fingerprint density at radius 2 is 0.685 bits per heavy atom. The molecule has 92 heavy (non-hydrogen) atoms. The quantitative estimate of drug-likeness (QED) is 0.0576. The van der Waals surface area contributed by atoms with Crippen LogP contribution in [0.5, 0.6) is 0 Å². The van der Waals surface area contributed by atoms with Gasteiger partial charge in [0.25, 0.3) is 23.6 Å². The molecule has 0 saturated carbocycles. The number of carbonyl (C=O) groups is 5. The number of carbonyl (C=O) groups excluding carboxylic acids is 5. The second-order valence-electron chi connectivity index (χ2n) is 22.9. The summed E-state index contributed by atoms with van der Waals surface area (Å²) >= 11 is 23.5. The minimum atomic E-state index is -0.254. The van der Waals surface area contributed by atoms with Crippen molar-refractivity contribution >= 4 is 136 Å². The monoisotopic (exact) mass is 1310 g/mol. The number of H-pyrrole nitrogens is 5. The Bertz CT molecular complexity index is 4320. The highest BCUT2D eigenvalue weighted by Gasteiger charge is 2.36. The van der Waals surface area contributed by atoms with E-state index >= 15 is 0 Å². The highest BCUT2D eigenvalue weighted by molar-refractivity contribution is 7.80. The number of rotatable bonds is 10. The molecule has 4 unspecified atom stereocenters. The van der Waals surface area contributed by atoms with Crippen LogP contribution in [0.25, 0.3) is 54.5 Å². The Morgan fingerprint density at radius 3 is 1.00 bits per heavy atom. The first-order valence-corrected chi connectivity index (χ1v) is 31.0. The fourth-order valence-electron chi connectivity index (χ4n) is 11.8. The van der Waals surface area contributed by atoms with Crippen LogP contribution in [0.3, 0.4) is 0 Å². The lowest BCUT2D eigenvalue weighted by molar-refractivity contribution is -0.127. The molecule has 10 heterocycles. The van der Waals surface area contributed by atoms with Gasteiger partial charge in [-0.2, -0.15) is 0 Å². The fourth-order valence-corrected chi connectivity index (χ4v) is 12.7. The van der Waals surface area contributed by atoms with Crippen molar-refractivity contribution in [2.24, 2.45) is 0 Å². The number of amides is 5. The lowest BCUT2D eigenvalue weighted by atomic mass is 10.1. The second kappa shape index (κ2) is 26.9. The number of aromatic amines is 5. The molecule has 15 rings (SSSR count). The summed E-state index contributed by atoms with van der Waals surface area (Å²) < 4.78 is 0. The summed E-state index contributed by atoms with van der Waals surface area (Å²) in [5.74, 6) is 2.67. The van der Waals surface area contributed by atoms with E-state index in [1.807, 2.05) is 122 Å². The molecule has 5 aliphatic heterocycles. The molecule has 24 heteroatoms. The van der Waals surface area contributed by atoms with Crippen molar-refractivity contribution < 1.29 is 24.0 Å². The van der Waals surface area contributed by atoms with Crippen LogP contribution in [0.1, 0.15) is 27.8 Å². The summed E-state index contributed by atoms with van der Waals surface area (Å²) in [6.07, 6.45) is 12.8. The molecule has 5 atom stereocenters. The van der Waals surface area contributed by atoms with Gasteiger partial charge in [-0.1, -0.05) is 134 Å². The van der Waals surface area contributed by atoms with Gasteiger partial charge in [0.05, 0.1) is 37.4 Å². The van der Waals surface area contributed by atoms with E-state index in [4.69, 9.17) is 47.0 Å². The third-order valence-electron chi connectivity index (χ3n) is 17.0. The largest absolute Gasteiger partial charge is 0.361 e. The maximum Gasteiger partial charge on any atom is 0.251 e. The highest BCUT2D eigenvalue weighted by atomic mass is 35.5. The first-order valence-electron chi connectivity index (χ1n) is 29.5. The van der Waals surface area contributed by atoms with Crippen molar-refractivity contribution in [1.29, 1.82) is 0 Å². The van der Waals surface area contributed by atoms with Crippen molar-refractivity contribution in [2.45, 2.75) is 62.3 Å². The SMILES string of the molecule is C=C1NC(=O)C(Cc2c[nH]c3ccccc23)N1.C=C1NC(Cc2c[nH]c3c(Cl)cccc23)C(=O)N1C.C=C1NC(Cc2c[nH]c3c(Cl)cccc23)C(=O)N1C.C=C1N[C@H](Cc2c[nH]c3c(Cl)cccc23)C(=O)N1C.CN1C(=O)C(Cc2c[nH]c3ccccc23)NC1=S. The Morgan fingerprint density at radius 1 is 0.380 bits per heavy atom. The van der Waals surface area contributed by atoms with Gasteiger partial charge in [0.15, 0.2) is 5.11 Å². The number of hydrogen-bond donors (Lipinski definition) is 11. The average Bonchev–Trinajstić information content (AvgIpc) is 1.70. The molecule has 0 bridgehead atoms. The number of para-hydroxylation sites is 5. The summed E-state index contributed by atoms with van der Waals surface area (Å²) in [5, 5.41) is 26.2. The molecule has 5 aromatic carbocycles. The molecule has 11 N–H and O–H groups in total. The van der Waals surface area contributed by atoms with Crippen LogP contribution >= 0.6 is 47.0 Å². The number of likely N-dealkylation sites (N-methyl/N-ethyl adjacent to an activating group) is 4. The Hall–Kier alpha value is -9.93. The van der Waals surface area contributed by atoms with E-state index in [9.17, 15) is 24.0 Å². The number of thiocarbonyl (C=S) groups is 1. The van der Waals surface area contributed by atoms with Crippen LogP contribution < -0.4 is 31.9 Å². The van der Waals surface area contributed by atoms with Gasteiger partial charge in [0.2, 0.25) is 5.91 Å².